The Morgan fingerprint density at radius 2 is 1.57 bits per heavy atom. The number of aryl methyl sites for hydroxylation is 3. The minimum absolute atomic E-state index is 0.0349. The molecule has 0 amide bonds. The van der Waals surface area contributed by atoms with Crippen LogP contribution in [0.5, 0.6) is 0 Å². The lowest BCUT2D eigenvalue weighted by Gasteiger charge is -2.08. The van der Waals surface area contributed by atoms with Crippen molar-refractivity contribution >= 4 is 17.2 Å². The van der Waals surface area contributed by atoms with E-state index in [1.807, 2.05) is 19.1 Å². The molecular weight excluding hydrogens is 260 g/mol. The van der Waals surface area contributed by atoms with Crippen LogP contribution in [0, 0.1) is 20.8 Å². The van der Waals surface area contributed by atoms with Crippen LogP contribution >= 0.6 is 0 Å². The van der Waals surface area contributed by atoms with E-state index in [2.05, 4.69) is 37.9 Å². The van der Waals surface area contributed by atoms with Crippen molar-refractivity contribution in [3.63, 3.8) is 0 Å². The van der Waals surface area contributed by atoms with Crippen LogP contribution in [0.4, 0.5) is 5.69 Å². The molecule has 0 saturated carbocycles. The van der Waals surface area contributed by atoms with Crippen molar-refractivity contribution in [2.75, 3.05) is 0 Å². The molecule has 0 N–H and O–H groups in total. The van der Waals surface area contributed by atoms with E-state index in [-0.39, 0.29) is 5.78 Å². The lowest BCUT2D eigenvalue weighted by Crippen LogP contribution is -2.04. The van der Waals surface area contributed by atoms with Gasteiger partial charge in [0.05, 0.1) is 17.1 Å². The second-order valence-electron chi connectivity index (χ2n) is 5.41. The van der Waals surface area contributed by atoms with Gasteiger partial charge < -0.3 is 0 Å². The zero-order valence-corrected chi connectivity index (χ0v) is 13.2. The number of hydrogen-bond acceptors (Lipinski definition) is 3. The summed E-state index contributed by atoms with van der Waals surface area (Å²) in [6, 6.07) is 9.69. The average Bonchev–Trinajstić information content (AvgIpc) is 2.42. The van der Waals surface area contributed by atoms with Crippen molar-refractivity contribution in [1.82, 2.24) is 4.98 Å². The third kappa shape index (κ3) is 3.43. The molecule has 2 aromatic rings. The number of benzene rings is 1. The summed E-state index contributed by atoms with van der Waals surface area (Å²) in [4.78, 5) is 20.5. The number of carbonyl (C=O) groups is 1. The summed E-state index contributed by atoms with van der Waals surface area (Å²) in [5, 5.41) is 0. The lowest BCUT2D eigenvalue weighted by atomic mass is 10.1. The van der Waals surface area contributed by atoms with Crippen molar-refractivity contribution in [2.45, 2.75) is 34.6 Å². The Kier molecular flexibility index (Phi) is 4.32. The number of Topliss-reactive ketones (excluding diaryl/α,β-unsaturated/α-hetero) is 1. The van der Waals surface area contributed by atoms with E-state index in [1.165, 1.54) is 12.5 Å². The minimum Gasteiger partial charge on any atom is -0.293 e. The molecule has 1 heterocycles. The number of nitrogens with zero attached hydrogens (tertiary/aromatic N) is 2. The van der Waals surface area contributed by atoms with Crippen molar-refractivity contribution < 1.29 is 4.79 Å². The maximum absolute atomic E-state index is 11.4. The highest BCUT2D eigenvalue weighted by atomic mass is 16.1. The molecule has 2 rings (SSSR count). The Hall–Kier alpha value is -2.29. The fourth-order valence-corrected chi connectivity index (χ4v) is 2.41. The summed E-state index contributed by atoms with van der Waals surface area (Å²) in [6.07, 6.45) is 0. The molecule has 21 heavy (non-hydrogen) atoms. The number of ketones is 1. The van der Waals surface area contributed by atoms with E-state index in [4.69, 9.17) is 4.99 Å². The van der Waals surface area contributed by atoms with Crippen molar-refractivity contribution in [3.8, 4) is 0 Å². The third-order valence-corrected chi connectivity index (χ3v) is 3.40. The van der Waals surface area contributed by atoms with E-state index in [0.29, 0.717) is 5.69 Å². The van der Waals surface area contributed by atoms with Crippen LogP contribution in [-0.4, -0.2) is 16.5 Å². The van der Waals surface area contributed by atoms with Gasteiger partial charge in [0.15, 0.2) is 5.78 Å². The molecule has 0 saturated heterocycles. The first-order chi connectivity index (χ1) is 9.88. The predicted octanol–water partition coefficient (Wildman–Crippen LogP) is 4.35. The average molecular weight is 280 g/mol. The molecule has 0 spiro atoms. The summed E-state index contributed by atoms with van der Waals surface area (Å²) < 4.78 is 0. The summed E-state index contributed by atoms with van der Waals surface area (Å²) in [5.41, 5.74) is 6.53. The van der Waals surface area contributed by atoms with Crippen LogP contribution in [0.3, 0.4) is 0 Å². The van der Waals surface area contributed by atoms with E-state index in [0.717, 1.165) is 28.2 Å². The molecule has 0 fully saturated rings. The van der Waals surface area contributed by atoms with Gasteiger partial charge in [0.2, 0.25) is 0 Å². The van der Waals surface area contributed by atoms with Crippen LogP contribution < -0.4 is 0 Å². The molecule has 0 radical (unpaired) electrons. The van der Waals surface area contributed by atoms with Crippen LogP contribution in [0.15, 0.2) is 35.3 Å². The van der Waals surface area contributed by atoms with Crippen LogP contribution in [0.2, 0.25) is 0 Å². The van der Waals surface area contributed by atoms with E-state index in [1.54, 1.807) is 6.07 Å². The first-order valence-electron chi connectivity index (χ1n) is 7.00. The van der Waals surface area contributed by atoms with Gasteiger partial charge in [0, 0.05) is 6.92 Å². The maximum Gasteiger partial charge on any atom is 0.178 e. The maximum atomic E-state index is 11.4. The number of aliphatic imine (C=N–C) groups is 1. The molecule has 0 aliphatic heterocycles. The van der Waals surface area contributed by atoms with Gasteiger partial charge in [-0.25, -0.2) is 4.98 Å². The zero-order chi connectivity index (χ0) is 15.6. The fraction of sp³-hybridized carbons (Fsp3) is 0.278. The SMILES string of the molecule is CC(=O)c1cccc(/C(C)=N/c2c(C)cc(C)cc2C)n1. The topological polar surface area (TPSA) is 42.3 Å². The Labute approximate surface area is 125 Å². The van der Waals surface area contributed by atoms with Gasteiger partial charge in [0.1, 0.15) is 5.69 Å². The van der Waals surface area contributed by atoms with Crippen molar-refractivity contribution in [3.05, 3.63) is 58.4 Å². The fourth-order valence-electron chi connectivity index (χ4n) is 2.41. The molecule has 0 bridgehead atoms. The molecule has 0 aliphatic carbocycles. The first-order valence-corrected chi connectivity index (χ1v) is 7.00. The van der Waals surface area contributed by atoms with Gasteiger partial charge >= 0.3 is 0 Å². The molecule has 0 unspecified atom stereocenters. The van der Waals surface area contributed by atoms with Gasteiger partial charge in [0.25, 0.3) is 0 Å². The smallest absolute Gasteiger partial charge is 0.178 e. The van der Waals surface area contributed by atoms with Gasteiger partial charge in [-0.15, -0.1) is 0 Å². The normalized spacial score (nSPS) is 11.6. The Balaban J connectivity index is 2.47. The molecule has 1 aromatic carbocycles. The number of aromatic nitrogens is 1. The van der Waals surface area contributed by atoms with Crippen LogP contribution in [0.25, 0.3) is 0 Å². The van der Waals surface area contributed by atoms with E-state index in [9.17, 15) is 4.79 Å². The van der Waals surface area contributed by atoms with Crippen LogP contribution in [0.1, 0.15) is 46.7 Å². The van der Waals surface area contributed by atoms with Crippen molar-refractivity contribution in [2.24, 2.45) is 4.99 Å². The summed E-state index contributed by atoms with van der Waals surface area (Å²) >= 11 is 0. The Morgan fingerprint density at radius 1 is 1.00 bits per heavy atom. The largest absolute Gasteiger partial charge is 0.293 e. The molecule has 0 atom stereocenters. The number of carbonyl (C=O) groups excluding carboxylic acids is 1. The number of hydrogen-bond donors (Lipinski definition) is 0. The zero-order valence-electron chi connectivity index (χ0n) is 13.2. The highest BCUT2D eigenvalue weighted by Crippen LogP contribution is 2.25. The van der Waals surface area contributed by atoms with E-state index >= 15 is 0 Å². The number of rotatable bonds is 3. The molecule has 0 aliphatic rings. The standard InChI is InChI=1S/C18H20N2O/c1-11-9-12(2)18(13(3)10-11)19-14(4)16-7-6-8-17(20-16)15(5)21/h6-10H,1-5H3/b19-14+. The van der Waals surface area contributed by atoms with Crippen LogP contribution in [-0.2, 0) is 0 Å². The molecule has 108 valence electrons. The molecule has 1 aromatic heterocycles. The van der Waals surface area contributed by atoms with Gasteiger partial charge in [-0.05, 0) is 51.0 Å². The van der Waals surface area contributed by atoms with Gasteiger partial charge in [-0.1, -0.05) is 23.8 Å². The van der Waals surface area contributed by atoms with Gasteiger partial charge in [-0.2, -0.15) is 0 Å². The second-order valence-corrected chi connectivity index (χ2v) is 5.41. The summed E-state index contributed by atoms with van der Waals surface area (Å²) in [6.45, 7) is 9.65. The van der Waals surface area contributed by atoms with Gasteiger partial charge in [-0.3, -0.25) is 9.79 Å². The highest BCUT2D eigenvalue weighted by Gasteiger charge is 2.07. The van der Waals surface area contributed by atoms with E-state index < -0.39 is 0 Å². The minimum atomic E-state index is -0.0349. The second kappa shape index (κ2) is 6.00. The monoisotopic (exact) mass is 280 g/mol. The summed E-state index contributed by atoms with van der Waals surface area (Å²) in [7, 11) is 0. The van der Waals surface area contributed by atoms with Crippen molar-refractivity contribution in [1.29, 1.82) is 0 Å². The third-order valence-electron chi connectivity index (χ3n) is 3.40. The Bertz CT molecular complexity index is 707. The lowest BCUT2D eigenvalue weighted by molar-refractivity contribution is 0.101. The molecular formula is C18H20N2O. The Morgan fingerprint density at radius 3 is 2.14 bits per heavy atom. The molecule has 3 heteroatoms. The number of pyridine rings is 1. The quantitative estimate of drug-likeness (QED) is 0.619. The summed E-state index contributed by atoms with van der Waals surface area (Å²) in [5.74, 6) is -0.0349. The first kappa shape index (κ1) is 15.1. The molecule has 3 nitrogen and oxygen atoms in total. The highest BCUT2D eigenvalue weighted by molar-refractivity contribution is 6.00. The predicted molar refractivity (Wildman–Crippen MR) is 86.8 cm³/mol.